The maximum atomic E-state index is 13.0. The van der Waals surface area contributed by atoms with Crippen molar-refractivity contribution in [1.82, 2.24) is 0 Å². The van der Waals surface area contributed by atoms with Crippen molar-refractivity contribution in [2.24, 2.45) is 16.7 Å². The van der Waals surface area contributed by atoms with Gasteiger partial charge in [-0.05, 0) is 53.4 Å². The molecule has 1 aliphatic rings. The highest BCUT2D eigenvalue weighted by Gasteiger charge is 2.46. The zero-order chi connectivity index (χ0) is 20.7. The Bertz CT molecular complexity index is 522. The lowest BCUT2D eigenvalue weighted by molar-refractivity contribution is -0.199. The summed E-state index contributed by atoms with van der Waals surface area (Å²) >= 11 is 0. The van der Waals surface area contributed by atoms with E-state index in [1.807, 2.05) is 0 Å². The quantitative estimate of drug-likeness (QED) is 0.444. The lowest BCUT2D eigenvalue weighted by Gasteiger charge is -2.36. The molecule has 1 aliphatic heterocycles. The van der Waals surface area contributed by atoms with Gasteiger partial charge in [-0.1, -0.05) is 6.92 Å². The smallest absolute Gasteiger partial charge is 0.314 e. The number of hydrogen-bond acceptors (Lipinski definition) is 7. The van der Waals surface area contributed by atoms with E-state index in [9.17, 15) is 14.4 Å². The minimum absolute atomic E-state index is 0.183. The van der Waals surface area contributed by atoms with Crippen LogP contribution in [0.25, 0.3) is 0 Å². The second-order valence-corrected chi connectivity index (χ2v) is 8.17. The van der Waals surface area contributed by atoms with E-state index < -0.39 is 35.0 Å². The molecule has 1 heterocycles. The second-order valence-electron chi connectivity index (χ2n) is 8.17. The molecule has 3 atom stereocenters. The minimum atomic E-state index is -1.06. The van der Waals surface area contributed by atoms with Gasteiger partial charge in [-0.3, -0.25) is 14.4 Å². The highest BCUT2D eigenvalue weighted by atomic mass is 16.7. The summed E-state index contributed by atoms with van der Waals surface area (Å²) in [5.74, 6) is -1.77. The predicted octanol–water partition coefficient (Wildman–Crippen LogP) is 3.24. The van der Waals surface area contributed by atoms with E-state index in [0.717, 1.165) is 12.8 Å². The topological polar surface area (TPSA) is 88.1 Å². The normalized spacial score (nSPS) is 20.9. The predicted molar refractivity (Wildman–Crippen MR) is 98.6 cm³/mol. The average Bonchev–Trinajstić information content (AvgIpc) is 2.61. The molecular weight excluding hydrogens is 352 g/mol. The first-order valence-corrected chi connectivity index (χ1v) is 9.63. The first-order chi connectivity index (χ1) is 12.6. The number of rotatable bonds is 9. The van der Waals surface area contributed by atoms with E-state index in [1.54, 1.807) is 34.6 Å². The van der Waals surface area contributed by atoms with Gasteiger partial charge in [-0.15, -0.1) is 0 Å². The van der Waals surface area contributed by atoms with Crippen LogP contribution in [0.15, 0.2) is 0 Å². The molecule has 0 saturated carbocycles. The Morgan fingerprint density at radius 3 is 2.33 bits per heavy atom. The average molecular weight is 386 g/mol. The van der Waals surface area contributed by atoms with Gasteiger partial charge >= 0.3 is 17.9 Å². The van der Waals surface area contributed by atoms with Crippen LogP contribution in [-0.4, -0.2) is 44.5 Å². The molecule has 0 spiro atoms. The van der Waals surface area contributed by atoms with Crippen LogP contribution in [0.5, 0.6) is 0 Å². The lowest BCUT2D eigenvalue weighted by atomic mass is 9.70. The molecule has 0 bridgehead atoms. The molecule has 1 fully saturated rings. The van der Waals surface area contributed by atoms with Crippen LogP contribution >= 0.6 is 0 Å². The Morgan fingerprint density at radius 2 is 1.81 bits per heavy atom. The Balaban J connectivity index is 3.00. The molecule has 1 saturated heterocycles. The maximum Gasteiger partial charge on any atom is 0.314 e. The van der Waals surface area contributed by atoms with Crippen LogP contribution in [0.2, 0.25) is 0 Å². The van der Waals surface area contributed by atoms with E-state index in [-0.39, 0.29) is 25.4 Å². The van der Waals surface area contributed by atoms with Gasteiger partial charge in [0.1, 0.15) is 0 Å². The fourth-order valence-corrected chi connectivity index (χ4v) is 3.66. The monoisotopic (exact) mass is 386 g/mol. The molecule has 0 aromatic carbocycles. The molecule has 0 aromatic heterocycles. The molecular formula is C20H34O7. The van der Waals surface area contributed by atoms with Crippen molar-refractivity contribution in [3.05, 3.63) is 0 Å². The molecule has 7 nitrogen and oxygen atoms in total. The highest BCUT2D eigenvalue weighted by molar-refractivity contribution is 5.81. The first-order valence-electron chi connectivity index (χ1n) is 9.63. The summed E-state index contributed by atoms with van der Waals surface area (Å²) in [7, 11) is 1.32. The van der Waals surface area contributed by atoms with Crippen molar-refractivity contribution < 1.29 is 33.3 Å². The third-order valence-electron chi connectivity index (χ3n) is 4.88. The van der Waals surface area contributed by atoms with Gasteiger partial charge in [0.2, 0.25) is 6.29 Å². The third kappa shape index (κ3) is 6.79. The minimum Gasteiger partial charge on any atom is -0.469 e. The van der Waals surface area contributed by atoms with Crippen molar-refractivity contribution in [3.8, 4) is 0 Å². The molecule has 0 amide bonds. The lowest BCUT2D eigenvalue weighted by Crippen LogP contribution is -2.42. The van der Waals surface area contributed by atoms with Gasteiger partial charge in [0.25, 0.3) is 0 Å². The van der Waals surface area contributed by atoms with E-state index >= 15 is 0 Å². The summed E-state index contributed by atoms with van der Waals surface area (Å²) in [4.78, 5) is 37.3. The van der Waals surface area contributed by atoms with Gasteiger partial charge in [-0.25, -0.2) is 0 Å². The van der Waals surface area contributed by atoms with Crippen LogP contribution in [-0.2, 0) is 33.3 Å². The molecule has 1 rings (SSSR count). The van der Waals surface area contributed by atoms with Crippen molar-refractivity contribution >= 4 is 17.9 Å². The zero-order valence-corrected chi connectivity index (χ0v) is 17.5. The third-order valence-corrected chi connectivity index (χ3v) is 4.88. The second kappa shape index (κ2) is 10.1. The molecule has 0 N–H and O–H groups in total. The fraction of sp³-hybridized carbons (Fsp3) is 0.850. The van der Waals surface area contributed by atoms with E-state index in [1.165, 1.54) is 7.11 Å². The Morgan fingerprint density at radius 1 is 1.15 bits per heavy atom. The number of ether oxygens (including phenoxy) is 4. The van der Waals surface area contributed by atoms with Gasteiger partial charge in [-0.2, -0.15) is 0 Å². The molecule has 156 valence electrons. The summed E-state index contributed by atoms with van der Waals surface area (Å²) in [6, 6.07) is 0. The number of carbonyl (C=O) groups is 3. The fourth-order valence-electron chi connectivity index (χ4n) is 3.66. The van der Waals surface area contributed by atoms with Crippen molar-refractivity contribution in [2.75, 3.05) is 20.3 Å². The van der Waals surface area contributed by atoms with Crippen LogP contribution < -0.4 is 0 Å². The van der Waals surface area contributed by atoms with Crippen molar-refractivity contribution in [2.45, 2.75) is 73.0 Å². The van der Waals surface area contributed by atoms with Gasteiger partial charge in [0, 0.05) is 6.42 Å². The SMILES string of the molecule is CCOC(=O)C(C)CC(C)(CC(C)(C)C(=O)OC)C(=O)OC1CCCCO1. The molecule has 0 aliphatic carbocycles. The van der Waals surface area contributed by atoms with Gasteiger partial charge in [0.05, 0.1) is 37.1 Å². The largest absolute Gasteiger partial charge is 0.469 e. The Labute approximate surface area is 162 Å². The highest BCUT2D eigenvalue weighted by Crippen LogP contribution is 2.41. The zero-order valence-electron chi connectivity index (χ0n) is 17.5. The van der Waals surface area contributed by atoms with E-state index in [4.69, 9.17) is 18.9 Å². The van der Waals surface area contributed by atoms with Crippen LogP contribution in [0.1, 0.15) is 66.7 Å². The van der Waals surface area contributed by atoms with Gasteiger partial charge < -0.3 is 18.9 Å². The number of methoxy groups -OCH3 is 1. The summed E-state index contributed by atoms with van der Waals surface area (Å²) in [5.41, 5.74) is -1.98. The van der Waals surface area contributed by atoms with Crippen molar-refractivity contribution in [1.29, 1.82) is 0 Å². The van der Waals surface area contributed by atoms with Crippen LogP contribution in [0.3, 0.4) is 0 Å². The Kier molecular flexibility index (Phi) is 8.72. The maximum absolute atomic E-state index is 13.0. The number of esters is 3. The van der Waals surface area contributed by atoms with Gasteiger partial charge in [0.15, 0.2) is 0 Å². The number of hydrogen-bond donors (Lipinski definition) is 0. The van der Waals surface area contributed by atoms with Crippen molar-refractivity contribution in [3.63, 3.8) is 0 Å². The summed E-state index contributed by atoms with van der Waals surface area (Å²) in [5, 5.41) is 0. The number of carbonyl (C=O) groups excluding carboxylic acids is 3. The molecule has 0 radical (unpaired) electrons. The van der Waals surface area contributed by atoms with Crippen LogP contribution in [0.4, 0.5) is 0 Å². The van der Waals surface area contributed by atoms with Crippen LogP contribution in [0, 0.1) is 16.7 Å². The van der Waals surface area contributed by atoms with E-state index in [0.29, 0.717) is 13.0 Å². The summed E-state index contributed by atoms with van der Waals surface area (Å²) in [6.45, 7) is 9.44. The molecule has 3 unspecified atom stereocenters. The van der Waals surface area contributed by atoms with E-state index in [2.05, 4.69) is 0 Å². The Hall–Kier alpha value is -1.63. The molecule has 7 heteroatoms. The molecule has 27 heavy (non-hydrogen) atoms. The standard InChI is InChI=1S/C20H34O7/c1-7-25-16(21)14(2)12-20(5,13-19(3,4)17(22)24-6)18(23)27-15-10-8-9-11-26-15/h14-15H,7-13H2,1-6H3. The first kappa shape index (κ1) is 23.4. The summed E-state index contributed by atoms with van der Waals surface area (Å²) in [6.07, 6.45) is 2.34. The molecule has 0 aromatic rings. The summed E-state index contributed by atoms with van der Waals surface area (Å²) < 4.78 is 21.0.